The standard InChI is InChI=1S/C14H15BrN2O2S/c1-10-4-3-5-12(8-10)20(18,19)17(2)14-7-6-11(15)9-13(14)16/h3-9H,16H2,1-2H3. The van der Waals surface area contributed by atoms with Crippen molar-refractivity contribution in [3.05, 3.63) is 52.5 Å². The summed E-state index contributed by atoms with van der Waals surface area (Å²) in [6.45, 7) is 1.85. The monoisotopic (exact) mass is 354 g/mol. The average molecular weight is 355 g/mol. The van der Waals surface area contributed by atoms with E-state index in [0.717, 1.165) is 10.0 Å². The maximum atomic E-state index is 12.6. The number of hydrogen-bond acceptors (Lipinski definition) is 3. The van der Waals surface area contributed by atoms with Gasteiger partial charge in [0.15, 0.2) is 0 Å². The topological polar surface area (TPSA) is 63.4 Å². The molecule has 4 nitrogen and oxygen atoms in total. The fourth-order valence-corrected chi connectivity index (χ4v) is 3.58. The Balaban J connectivity index is 2.49. The first kappa shape index (κ1) is 14.9. The minimum Gasteiger partial charge on any atom is -0.397 e. The van der Waals surface area contributed by atoms with Crippen molar-refractivity contribution < 1.29 is 8.42 Å². The summed E-state index contributed by atoms with van der Waals surface area (Å²) in [5, 5.41) is 0. The first-order valence-corrected chi connectivity index (χ1v) is 8.16. The van der Waals surface area contributed by atoms with Crippen molar-refractivity contribution in [2.75, 3.05) is 17.1 Å². The van der Waals surface area contributed by atoms with Gasteiger partial charge in [-0.05, 0) is 42.8 Å². The molecule has 0 bridgehead atoms. The molecule has 2 rings (SSSR count). The van der Waals surface area contributed by atoms with Crippen molar-refractivity contribution in [2.24, 2.45) is 0 Å². The van der Waals surface area contributed by atoms with E-state index in [1.54, 1.807) is 36.4 Å². The molecule has 0 saturated carbocycles. The molecule has 0 fully saturated rings. The predicted molar refractivity (Wildman–Crippen MR) is 85.3 cm³/mol. The van der Waals surface area contributed by atoms with Crippen LogP contribution in [0.2, 0.25) is 0 Å². The predicted octanol–water partition coefficient (Wildman–Crippen LogP) is 3.16. The third kappa shape index (κ3) is 2.81. The van der Waals surface area contributed by atoms with E-state index in [-0.39, 0.29) is 4.90 Å². The highest BCUT2D eigenvalue weighted by atomic mass is 79.9. The molecule has 0 amide bonds. The summed E-state index contributed by atoms with van der Waals surface area (Å²) < 4.78 is 27.2. The highest BCUT2D eigenvalue weighted by molar-refractivity contribution is 9.10. The molecule has 0 aliphatic heterocycles. The number of anilines is 2. The molecule has 0 aromatic heterocycles. The second kappa shape index (κ2) is 5.46. The van der Waals surface area contributed by atoms with Crippen LogP contribution in [0.1, 0.15) is 5.56 Å². The molecule has 6 heteroatoms. The van der Waals surface area contributed by atoms with Gasteiger partial charge in [0.2, 0.25) is 0 Å². The van der Waals surface area contributed by atoms with Crippen LogP contribution in [0.25, 0.3) is 0 Å². The lowest BCUT2D eigenvalue weighted by atomic mass is 10.2. The molecule has 2 aromatic rings. The zero-order chi connectivity index (χ0) is 14.9. The largest absolute Gasteiger partial charge is 0.397 e. The summed E-state index contributed by atoms with van der Waals surface area (Å²) in [7, 11) is -2.11. The van der Waals surface area contributed by atoms with E-state index >= 15 is 0 Å². The Hall–Kier alpha value is -1.53. The number of aryl methyl sites for hydroxylation is 1. The Bertz CT molecular complexity index is 745. The van der Waals surface area contributed by atoms with E-state index in [0.29, 0.717) is 11.4 Å². The summed E-state index contributed by atoms with van der Waals surface area (Å²) in [6, 6.07) is 11.9. The van der Waals surface area contributed by atoms with Crippen LogP contribution < -0.4 is 10.0 Å². The minimum absolute atomic E-state index is 0.252. The lowest BCUT2D eigenvalue weighted by Gasteiger charge is -2.21. The van der Waals surface area contributed by atoms with Gasteiger partial charge in [0.05, 0.1) is 16.3 Å². The van der Waals surface area contributed by atoms with Gasteiger partial charge in [-0.1, -0.05) is 28.1 Å². The molecule has 0 spiro atoms. The Labute approximate surface area is 127 Å². The van der Waals surface area contributed by atoms with Crippen LogP contribution in [0.4, 0.5) is 11.4 Å². The van der Waals surface area contributed by atoms with Crippen molar-refractivity contribution in [1.29, 1.82) is 0 Å². The maximum Gasteiger partial charge on any atom is 0.264 e. The van der Waals surface area contributed by atoms with Crippen molar-refractivity contribution in [2.45, 2.75) is 11.8 Å². The lowest BCUT2D eigenvalue weighted by molar-refractivity contribution is 0.594. The van der Waals surface area contributed by atoms with Gasteiger partial charge in [0, 0.05) is 11.5 Å². The zero-order valence-corrected chi connectivity index (χ0v) is 13.6. The molecular weight excluding hydrogens is 340 g/mol. The van der Waals surface area contributed by atoms with Gasteiger partial charge in [-0.15, -0.1) is 0 Å². The third-order valence-electron chi connectivity index (χ3n) is 2.98. The zero-order valence-electron chi connectivity index (χ0n) is 11.2. The Morgan fingerprint density at radius 3 is 2.45 bits per heavy atom. The van der Waals surface area contributed by atoms with Gasteiger partial charge >= 0.3 is 0 Å². The van der Waals surface area contributed by atoms with Crippen LogP contribution >= 0.6 is 15.9 Å². The molecule has 0 aliphatic carbocycles. The van der Waals surface area contributed by atoms with Crippen LogP contribution in [0.3, 0.4) is 0 Å². The Morgan fingerprint density at radius 1 is 1.15 bits per heavy atom. The fourth-order valence-electron chi connectivity index (χ4n) is 1.88. The molecule has 0 unspecified atom stereocenters. The SMILES string of the molecule is Cc1cccc(S(=O)(=O)N(C)c2ccc(Br)cc2N)c1. The van der Waals surface area contributed by atoms with Gasteiger partial charge in [-0.3, -0.25) is 4.31 Å². The van der Waals surface area contributed by atoms with Gasteiger partial charge < -0.3 is 5.73 Å². The fraction of sp³-hybridized carbons (Fsp3) is 0.143. The summed E-state index contributed by atoms with van der Waals surface area (Å²) in [4.78, 5) is 0.252. The van der Waals surface area contributed by atoms with Crippen molar-refractivity contribution in [3.8, 4) is 0 Å². The number of nitrogen functional groups attached to an aromatic ring is 1. The van der Waals surface area contributed by atoms with Crippen LogP contribution in [0.5, 0.6) is 0 Å². The number of hydrogen-bond donors (Lipinski definition) is 1. The smallest absolute Gasteiger partial charge is 0.264 e. The van der Waals surface area contributed by atoms with E-state index in [1.807, 2.05) is 13.0 Å². The number of halogens is 1. The first-order chi connectivity index (χ1) is 9.32. The number of sulfonamides is 1. The number of nitrogens with two attached hydrogens (primary N) is 1. The van der Waals surface area contributed by atoms with E-state index in [1.165, 1.54) is 11.4 Å². The van der Waals surface area contributed by atoms with Gasteiger partial charge in [-0.2, -0.15) is 0 Å². The van der Waals surface area contributed by atoms with Crippen LogP contribution in [-0.2, 0) is 10.0 Å². The first-order valence-electron chi connectivity index (χ1n) is 5.93. The van der Waals surface area contributed by atoms with Crippen LogP contribution in [0.15, 0.2) is 51.8 Å². The molecule has 20 heavy (non-hydrogen) atoms. The molecule has 0 radical (unpaired) electrons. The van der Waals surface area contributed by atoms with Crippen molar-refractivity contribution in [1.82, 2.24) is 0 Å². The third-order valence-corrected chi connectivity index (χ3v) is 5.24. The van der Waals surface area contributed by atoms with Crippen molar-refractivity contribution in [3.63, 3.8) is 0 Å². The van der Waals surface area contributed by atoms with Crippen molar-refractivity contribution >= 4 is 37.3 Å². The van der Waals surface area contributed by atoms with Crippen LogP contribution in [0, 0.1) is 6.92 Å². The van der Waals surface area contributed by atoms with E-state index in [4.69, 9.17) is 5.73 Å². The van der Waals surface area contributed by atoms with E-state index < -0.39 is 10.0 Å². The minimum atomic E-state index is -3.61. The van der Waals surface area contributed by atoms with E-state index in [2.05, 4.69) is 15.9 Å². The Kier molecular flexibility index (Phi) is 4.06. The molecule has 2 aromatic carbocycles. The van der Waals surface area contributed by atoms with Gasteiger partial charge in [-0.25, -0.2) is 8.42 Å². The van der Waals surface area contributed by atoms with Gasteiger partial charge in [0.1, 0.15) is 0 Å². The molecule has 0 aliphatic rings. The molecule has 106 valence electrons. The highest BCUT2D eigenvalue weighted by Gasteiger charge is 2.22. The quantitative estimate of drug-likeness (QED) is 0.861. The summed E-state index contributed by atoms with van der Waals surface area (Å²) in [5.41, 5.74) is 7.64. The molecule has 0 saturated heterocycles. The molecule has 2 N–H and O–H groups in total. The number of rotatable bonds is 3. The number of nitrogens with zero attached hydrogens (tertiary/aromatic N) is 1. The highest BCUT2D eigenvalue weighted by Crippen LogP contribution is 2.29. The van der Waals surface area contributed by atoms with E-state index in [9.17, 15) is 8.42 Å². The average Bonchev–Trinajstić information content (AvgIpc) is 2.38. The lowest BCUT2D eigenvalue weighted by Crippen LogP contribution is -2.27. The maximum absolute atomic E-state index is 12.6. The molecule has 0 heterocycles. The second-order valence-corrected chi connectivity index (χ2v) is 7.38. The number of benzene rings is 2. The van der Waals surface area contributed by atoms with Crippen LogP contribution in [-0.4, -0.2) is 15.5 Å². The molecular formula is C14H15BrN2O2S. The summed E-state index contributed by atoms with van der Waals surface area (Å²) >= 11 is 3.30. The summed E-state index contributed by atoms with van der Waals surface area (Å²) in [5.74, 6) is 0. The Morgan fingerprint density at radius 2 is 1.85 bits per heavy atom. The normalized spacial score (nSPS) is 11.3. The molecule has 0 atom stereocenters. The second-order valence-electron chi connectivity index (χ2n) is 4.49. The summed E-state index contributed by atoms with van der Waals surface area (Å²) in [6.07, 6.45) is 0. The van der Waals surface area contributed by atoms with Gasteiger partial charge in [0.25, 0.3) is 10.0 Å².